The van der Waals surface area contributed by atoms with Crippen LogP contribution < -0.4 is 0 Å². The number of hydrogen-bond donors (Lipinski definition) is 0. The summed E-state index contributed by atoms with van der Waals surface area (Å²) in [5.41, 5.74) is -1.41. The van der Waals surface area contributed by atoms with Crippen LogP contribution in [0.1, 0.15) is 187 Å². The maximum Gasteiger partial charge on any atom is 0.232 e. The van der Waals surface area contributed by atoms with Crippen molar-refractivity contribution in [2.75, 3.05) is 12.3 Å². The van der Waals surface area contributed by atoms with Gasteiger partial charge in [-0.3, -0.25) is 0 Å². The Labute approximate surface area is 246 Å². The molecule has 0 saturated heterocycles. The maximum absolute atomic E-state index is 8.99. The van der Waals surface area contributed by atoms with Crippen molar-refractivity contribution < 1.29 is 0 Å². The lowest BCUT2D eigenvalue weighted by atomic mass is 9.97. The van der Waals surface area contributed by atoms with E-state index in [1.807, 2.05) is 18.2 Å². The minimum atomic E-state index is -1.41. The van der Waals surface area contributed by atoms with Crippen LogP contribution in [-0.2, 0) is 0 Å². The van der Waals surface area contributed by atoms with Crippen molar-refractivity contribution in [3.63, 3.8) is 0 Å². The lowest BCUT2D eigenvalue weighted by molar-refractivity contribution is 0.514. The summed E-state index contributed by atoms with van der Waals surface area (Å²) < 4.78 is 0. The Morgan fingerprint density at radius 3 is 0.846 bits per heavy atom. The van der Waals surface area contributed by atoms with Gasteiger partial charge in [-0.25, -0.2) is 0 Å². The topological polar surface area (TPSA) is 71.4 Å². The van der Waals surface area contributed by atoms with Gasteiger partial charge in [0.25, 0.3) is 0 Å². The fourth-order valence-corrected chi connectivity index (χ4v) is 6.68. The monoisotopic (exact) mass is 557 g/mol. The first-order valence-corrected chi connectivity index (χ1v) is 18.6. The normalized spacial score (nSPS) is 11.5. The van der Waals surface area contributed by atoms with Crippen molar-refractivity contribution in [1.29, 1.82) is 15.8 Å². The Hall–Kier alpha value is -1.10. The van der Waals surface area contributed by atoms with E-state index in [9.17, 15) is 0 Å². The van der Waals surface area contributed by atoms with E-state index in [0.29, 0.717) is 14.7 Å². The zero-order valence-corrected chi connectivity index (χ0v) is 27.1. The van der Waals surface area contributed by atoms with E-state index in [-0.39, 0.29) is 0 Å². The average Bonchev–Trinajstić information content (AvgIpc) is 2.96. The van der Waals surface area contributed by atoms with Crippen LogP contribution >= 0.6 is 8.58 Å². The van der Waals surface area contributed by atoms with E-state index in [2.05, 4.69) is 6.92 Å². The molecule has 39 heavy (non-hydrogen) atoms. The van der Waals surface area contributed by atoms with Crippen LogP contribution in [0, 0.1) is 39.4 Å². The fraction of sp³-hybridized carbons (Fsp3) is 0.914. The molecule has 224 valence electrons. The van der Waals surface area contributed by atoms with Crippen molar-refractivity contribution in [1.82, 2.24) is 0 Å². The van der Waals surface area contributed by atoms with Crippen LogP contribution in [0.15, 0.2) is 0 Å². The Bertz CT molecular complexity index is 591. The molecule has 0 spiro atoms. The highest BCUT2D eigenvalue weighted by molar-refractivity contribution is 7.38. The second-order valence-electron chi connectivity index (χ2n) is 12.0. The molecule has 0 saturated carbocycles. The molecule has 0 heterocycles. The lowest BCUT2D eigenvalue weighted by Crippen LogP contribution is -2.15. The summed E-state index contributed by atoms with van der Waals surface area (Å²) >= 11 is 0. The van der Waals surface area contributed by atoms with E-state index < -0.39 is 5.41 Å². The van der Waals surface area contributed by atoms with E-state index >= 15 is 0 Å². The molecule has 0 N–H and O–H groups in total. The van der Waals surface area contributed by atoms with Gasteiger partial charge in [0.05, 0.1) is 0 Å². The zero-order valence-electron chi connectivity index (χ0n) is 26.1. The van der Waals surface area contributed by atoms with Gasteiger partial charge in [-0.2, -0.15) is 15.8 Å². The molecule has 0 fully saturated rings. The summed E-state index contributed by atoms with van der Waals surface area (Å²) in [6, 6.07) is 5.62. The fourth-order valence-electron chi connectivity index (χ4n) is 5.39. The molecular formula is C35H64N3P. The van der Waals surface area contributed by atoms with Crippen molar-refractivity contribution in [3.8, 4) is 18.2 Å². The standard InChI is InChI=1S/C35H64N3P/c1-2-3-4-5-6-7-8-9-10-11-12-13-14-15-16-17-18-19-20-21-22-23-24-25-26-27-28-29-30-39-34-35(31-36,32-37)33-38/h39H,2-30,34H2,1H3. The van der Waals surface area contributed by atoms with Crippen molar-refractivity contribution in [2.24, 2.45) is 5.41 Å². The maximum atomic E-state index is 8.99. The van der Waals surface area contributed by atoms with Gasteiger partial charge in [-0.1, -0.05) is 180 Å². The number of nitriles is 3. The summed E-state index contributed by atoms with van der Waals surface area (Å²) in [4.78, 5) is 0. The summed E-state index contributed by atoms with van der Waals surface area (Å²) in [7, 11) is 0.546. The third-order valence-electron chi connectivity index (χ3n) is 8.17. The molecule has 0 radical (unpaired) electrons. The van der Waals surface area contributed by atoms with Gasteiger partial charge in [0.1, 0.15) is 18.2 Å². The highest BCUT2D eigenvalue weighted by Crippen LogP contribution is 2.26. The highest BCUT2D eigenvalue weighted by atomic mass is 31.1. The number of hydrogen-bond acceptors (Lipinski definition) is 3. The molecule has 0 aromatic heterocycles. The first kappa shape index (κ1) is 37.9. The van der Waals surface area contributed by atoms with Gasteiger partial charge in [0, 0.05) is 6.16 Å². The summed E-state index contributed by atoms with van der Waals surface area (Å²) in [6.45, 7) is 2.30. The minimum Gasteiger partial charge on any atom is -0.195 e. The highest BCUT2D eigenvalue weighted by Gasteiger charge is 2.28. The summed E-state index contributed by atoms with van der Waals surface area (Å²) in [6.07, 6.45) is 41.1. The Morgan fingerprint density at radius 1 is 0.385 bits per heavy atom. The van der Waals surface area contributed by atoms with E-state index in [1.54, 1.807) is 0 Å². The molecule has 0 bridgehead atoms. The molecule has 3 nitrogen and oxygen atoms in total. The molecule has 1 atom stereocenters. The van der Waals surface area contributed by atoms with Gasteiger partial charge in [0.15, 0.2) is 0 Å². The smallest absolute Gasteiger partial charge is 0.195 e. The van der Waals surface area contributed by atoms with E-state index in [4.69, 9.17) is 15.8 Å². The average molecular weight is 558 g/mol. The van der Waals surface area contributed by atoms with Crippen LogP contribution in [0.5, 0.6) is 0 Å². The van der Waals surface area contributed by atoms with Gasteiger partial charge in [-0.15, -0.1) is 8.58 Å². The third kappa shape index (κ3) is 26.9. The van der Waals surface area contributed by atoms with Crippen molar-refractivity contribution in [3.05, 3.63) is 0 Å². The molecule has 1 unspecified atom stereocenters. The van der Waals surface area contributed by atoms with Crippen LogP contribution in [0.2, 0.25) is 0 Å². The molecule has 0 aliphatic heterocycles. The zero-order chi connectivity index (χ0) is 28.5. The largest absolute Gasteiger partial charge is 0.232 e. The Kier molecular flexibility index (Phi) is 30.5. The molecule has 0 aliphatic carbocycles. The number of rotatable bonds is 31. The SMILES string of the molecule is CCCCCCCCCCCCCCCCCCCCCCCCCCCCCCPCC(C#N)(C#N)C#N. The molecule has 0 amide bonds. The Balaban J connectivity index is 3.14. The van der Waals surface area contributed by atoms with Crippen molar-refractivity contribution in [2.45, 2.75) is 187 Å². The third-order valence-corrected chi connectivity index (χ3v) is 9.66. The second-order valence-corrected chi connectivity index (χ2v) is 13.3. The van der Waals surface area contributed by atoms with Gasteiger partial charge in [0.2, 0.25) is 5.41 Å². The van der Waals surface area contributed by atoms with Crippen LogP contribution in [-0.4, -0.2) is 12.3 Å². The molecular weight excluding hydrogens is 493 g/mol. The predicted octanol–water partition coefficient (Wildman–Crippen LogP) is 12.2. The van der Waals surface area contributed by atoms with Crippen LogP contribution in [0.25, 0.3) is 0 Å². The summed E-state index contributed by atoms with van der Waals surface area (Å²) in [5.74, 6) is 0. The van der Waals surface area contributed by atoms with E-state index in [0.717, 1.165) is 12.6 Å². The number of nitrogens with zero attached hydrogens (tertiary/aromatic N) is 3. The van der Waals surface area contributed by atoms with Gasteiger partial charge < -0.3 is 0 Å². The van der Waals surface area contributed by atoms with Crippen LogP contribution in [0.4, 0.5) is 0 Å². The molecule has 0 rings (SSSR count). The Morgan fingerprint density at radius 2 is 0.615 bits per heavy atom. The van der Waals surface area contributed by atoms with Gasteiger partial charge >= 0.3 is 0 Å². The molecule has 0 aliphatic rings. The molecule has 4 heteroatoms. The first-order chi connectivity index (χ1) is 19.2. The lowest BCUT2D eigenvalue weighted by Gasteiger charge is -2.08. The summed E-state index contributed by atoms with van der Waals surface area (Å²) in [5, 5.41) is 27.0. The first-order valence-electron chi connectivity index (χ1n) is 17.2. The van der Waals surface area contributed by atoms with E-state index in [1.165, 1.54) is 173 Å². The quantitative estimate of drug-likeness (QED) is 0.0628. The molecule has 0 aromatic rings. The second kappa shape index (κ2) is 31.4. The minimum absolute atomic E-state index is 0.413. The van der Waals surface area contributed by atoms with Gasteiger partial charge in [-0.05, 0) is 12.6 Å². The van der Waals surface area contributed by atoms with Crippen molar-refractivity contribution >= 4 is 8.58 Å². The number of unbranched alkanes of at least 4 members (excludes halogenated alkanes) is 27. The van der Waals surface area contributed by atoms with Crippen LogP contribution in [0.3, 0.4) is 0 Å². The molecule has 0 aromatic carbocycles. The predicted molar refractivity (Wildman–Crippen MR) is 172 cm³/mol.